The average Bonchev–Trinajstić information content (AvgIpc) is 2.64. The van der Waals surface area contributed by atoms with Gasteiger partial charge in [0.1, 0.15) is 9.84 Å². The zero-order chi connectivity index (χ0) is 12.5. The van der Waals surface area contributed by atoms with E-state index in [2.05, 4.69) is 12.2 Å². The number of ether oxygens (including phenoxy) is 1. The molecule has 1 saturated heterocycles. The zero-order valence-corrected chi connectivity index (χ0v) is 11.5. The van der Waals surface area contributed by atoms with Gasteiger partial charge in [-0.05, 0) is 32.6 Å². The van der Waals surface area contributed by atoms with Crippen LogP contribution >= 0.6 is 0 Å². The summed E-state index contributed by atoms with van der Waals surface area (Å²) in [7, 11) is -2.88. The van der Waals surface area contributed by atoms with Crippen LogP contribution < -0.4 is 5.32 Å². The Morgan fingerprint density at radius 1 is 1.24 bits per heavy atom. The molecule has 2 rings (SSSR count). The monoisotopic (exact) mass is 261 g/mol. The van der Waals surface area contributed by atoms with E-state index in [1.807, 2.05) is 0 Å². The summed E-state index contributed by atoms with van der Waals surface area (Å²) in [5.41, 5.74) is 0. The molecule has 4 unspecified atom stereocenters. The molecule has 1 aliphatic heterocycles. The molecule has 4 nitrogen and oxygen atoms in total. The fourth-order valence-electron chi connectivity index (χ4n) is 2.94. The van der Waals surface area contributed by atoms with Gasteiger partial charge in [-0.3, -0.25) is 0 Å². The van der Waals surface area contributed by atoms with Gasteiger partial charge in [-0.25, -0.2) is 8.42 Å². The van der Waals surface area contributed by atoms with Gasteiger partial charge >= 0.3 is 0 Å². The third-order valence-corrected chi connectivity index (χ3v) is 5.70. The Bertz CT molecular complexity index is 355. The zero-order valence-electron chi connectivity index (χ0n) is 10.7. The molecule has 1 N–H and O–H groups in total. The van der Waals surface area contributed by atoms with Gasteiger partial charge in [0.15, 0.2) is 0 Å². The molecule has 5 heteroatoms. The highest BCUT2D eigenvalue weighted by atomic mass is 32.2. The Morgan fingerprint density at radius 2 is 2.00 bits per heavy atom. The molecule has 0 spiro atoms. The molecular formula is C12H23NO3S. The molecule has 100 valence electrons. The largest absolute Gasteiger partial charge is 0.377 e. The fraction of sp³-hybridized carbons (Fsp3) is 1.00. The molecule has 0 bridgehead atoms. The van der Waals surface area contributed by atoms with Gasteiger partial charge in [0.05, 0.1) is 11.4 Å². The van der Waals surface area contributed by atoms with E-state index in [9.17, 15) is 8.42 Å². The normalized spacial score (nSPS) is 39.4. The van der Waals surface area contributed by atoms with Crippen molar-refractivity contribution in [2.24, 2.45) is 0 Å². The van der Waals surface area contributed by atoms with Gasteiger partial charge in [-0.2, -0.15) is 0 Å². The first-order valence-corrected chi connectivity index (χ1v) is 8.49. The van der Waals surface area contributed by atoms with E-state index in [0.717, 1.165) is 38.7 Å². The lowest BCUT2D eigenvalue weighted by Gasteiger charge is -2.31. The van der Waals surface area contributed by atoms with Crippen LogP contribution in [0.25, 0.3) is 0 Å². The molecule has 17 heavy (non-hydrogen) atoms. The standard InChI is InChI=1S/C12H23NO3S/c1-9-12(6-7-16-9)13-10-4-3-5-11(8-10)17(2,14)15/h9-13H,3-8H2,1-2H3. The average molecular weight is 261 g/mol. The van der Waals surface area contributed by atoms with Crippen LogP contribution in [0, 0.1) is 0 Å². The van der Waals surface area contributed by atoms with Crippen LogP contribution in [0.5, 0.6) is 0 Å². The smallest absolute Gasteiger partial charge is 0.150 e. The second-order valence-corrected chi connectivity index (χ2v) is 7.78. The van der Waals surface area contributed by atoms with Crippen LogP contribution in [0.1, 0.15) is 39.0 Å². The van der Waals surface area contributed by atoms with Crippen LogP contribution in [-0.4, -0.2) is 44.7 Å². The first-order valence-electron chi connectivity index (χ1n) is 6.53. The summed E-state index contributed by atoms with van der Waals surface area (Å²) in [5.74, 6) is 0. The first-order chi connectivity index (χ1) is 7.97. The van der Waals surface area contributed by atoms with Gasteiger partial charge < -0.3 is 10.1 Å². The molecule has 2 fully saturated rings. The van der Waals surface area contributed by atoms with Crippen molar-refractivity contribution < 1.29 is 13.2 Å². The molecule has 1 saturated carbocycles. The van der Waals surface area contributed by atoms with E-state index < -0.39 is 9.84 Å². The number of rotatable bonds is 3. The summed E-state index contributed by atoms with van der Waals surface area (Å²) in [6.45, 7) is 2.91. The Morgan fingerprint density at radius 3 is 2.59 bits per heavy atom. The highest BCUT2D eigenvalue weighted by Crippen LogP contribution is 2.25. The number of hydrogen-bond donors (Lipinski definition) is 1. The minimum atomic E-state index is -2.88. The summed E-state index contributed by atoms with van der Waals surface area (Å²) >= 11 is 0. The maximum Gasteiger partial charge on any atom is 0.150 e. The van der Waals surface area contributed by atoms with Crippen LogP contribution in [0.15, 0.2) is 0 Å². The maximum absolute atomic E-state index is 11.6. The Hall–Kier alpha value is -0.130. The molecule has 0 aromatic carbocycles. The van der Waals surface area contributed by atoms with Crippen LogP contribution in [0.3, 0.4) is 0 Å². The lowest BCUT2D eigenvalue weighted by atomic mass is 9.93. The minimum Gasteiger partial charge on any atom is -0.377 e. The molecular weight excluding hydrogens is 238 g/mol. The van der Waals surface area contributed by atoms with E-state index in [-0.39, 0.29) is 11.4 Å². The first kappa shape index (κ1) is 13.3. The molecule has 1 aliphatic carbocycles. The molecule has 2 aliphatic rings. The van der Waals surface area contributed by atoms with Crippen molar-refractivity contribution in [2.75, 3.05) is 12.9 Å². The molecule has 0 amide bonds. The SMILES string of the molecule is CC1OCCC1NC1CCCC(S(C)(=O)=O)C1. The summed E-state index contributed by atoms with van der Waals surface area (Å²) in [5, 5.41) is 3.43. The summed E-state index contributed by atoms with van der Waals surface area (Å²) in [6.07, 6.45) is 6.36. The number of sulfone groups is 1. The van der Waals surface area contributed by atoms with Gasteiger partial charge in [0, 0.05) is 24.9 Å². The second kappa shape index (κ2) is 5.24. The summed E-state index contributed by atoms with van der Waals surface area (Å²) in [6, 6.07) is 0.746. The maximum atomic E-state index is 11.6. The Kier molecular flexibility index (Phi) is 4.10. The fourth-order valence-corrected chi connectivity index (χ4v) is 4.12. The molecule has 0 aromatic heterocycles. The molecule has 4 atom stereocenters. The summed E-state index contributed by atoms with van der Waals surface area (Å²) < 4.78 is 28.7. The lowest BCUT2D eigenvalue weighted by Crippen LogP contribution is -2.46. The third kappa shape index (κ3) is 3.42. The highest BCUT2D eigenvalue weighted by Gasteiger charge is 2.32. The minimum absolute atomic E-state index is 0.147. The van der Waals surface area contributed by atoms with Crippen LogP contribution in [-0.2, 0) is 14.6 Å². The van der Waals surface area contributed by atoms with Crippen molar-refractivity contribution in [3.63, 3.8) is 0 Å². The molecule has 1 heterocycles. The Labute approximate surface area is 104 Å². The van der Waals surface area contributed by atoms with Gasteiger partial charge in [0.25, 0.3) is 0 Å². The topological polar surface area (TPSA) is 55.4 Å². The molecule has 0 aromatic rings. The van der Waals surface area contributed by atoms with E-state index >= 15 is 0 Å². The quantitative estimate of drug-likeness (QED) is 0.827. The third-order valence-electron chi connectivity index (χ3n) is 4.06. The second-order valence-electron chi connectivity index (χ2n) is 5.45. The van der Waals surface area contributed by atoms with E-state index in [1.54, 1.807) is 0 Å². The lowest BCUT2D eigenvalue weighted by molar-refractivity contribution is 0.109. The van der Waals surface area contributed by atoms with E-state index in [4.69, 9.17) is 4.74 Å². The van der Waals surface area contributed by atoms with Gasteiger partial charge in [-0.1, -0.05) is 6.42 Å². The predicted octanol–water partition coefficient (Wildman–Crippen LogP) is 1.11. The van der Waals surface area contributed by atoms with Crippen LogP contribution in [0.2, 0.25) is 0 Å². The van der Waals surface area contributed by atoms with Crippen molar-refractivity contribution in [1.29, 1.82) is 0 Å². The van der Waals surface area contributed by atoms with E-state index in [0.29, 0.717) is 12.1 Å². The highest BCUT2D eigenvalue weighted by molar-refractivity contribution is 7.91. The van der Waals surface area contributed by atoms with Crippen molar-refractivity contribution in [2.45, 2.75) is 62.5 Å². The predicted molar refractivity (Wildman–Crippen MR) is 67.8 cm³/mol. The van der Waals surface area contributed by atoms with E-state index in [1.165, 1.54) is 6.26 Å². The van der Waals surface area contributed by atoms with Gasteiger partial charge in [0.2, 0.25) is 0 Å². The van der Waals surface area contributed by atoms with Gasteiger partial charge in [-0.15, -0.1) is 0 Å². The summed E-state index contributed by atoms with van der Waals surface area (Å²) in [4.78, 5) is 0. The molecule has 0 radical (unpaired) electrons. The van der Waals surface area contributed by atoms with Crippen molar-refractivity contribution in [3.05, 3.63) is 0 Å². The van der Waals surface area contributed by atoms with Crippen molar-refractivity contribution >= 4 is 9.84 Å². The van der Waals surface area contributed by atoms with Crippen LogP contribution in [0.4, 0.5) is 0 Å². The van der Waals surface area contributed by atoms with Crippen molar-refractivity contribution in [3.8, 4) is 0 Å². The number of hydrogen-bond acceptors (Lipinski definition) is 4. The Balaban J connectivity index is 1.89. The number of nitrogens with one attached hydrogen (secondary N) is 1. The van der Waals surface area contributed by atoms with Crippen molar-refractivity contribution in [1.82, 2.24) is 5.32 Å².